The fourth-order valence-electron chi connectivity index (χ4n) is 2.99. The largest absolute Gasteiger partial charge is 0.392 e. The van der Waals surface area contributed by atoms with Crippen molar-refractivity contribution in [1.29, 1.82) is 0 Å². The summed E-state index contributed by atoms with van der Waals surface area (Å²) in [6, 6.07) is 7.82. The van der Waals surface area contributed by atoms with Gasteiger partial charge in [-0.2, -0.15) is 4.36 Å². The number of hydrogen-bond acceptors (Lipinski definition) is 3. The van der Waals surface area contributed by atoms with Gasteiger partial charge >= 0.3 is 6.03 Å². The Kier molecular flexibility index (Phi) is 4.58. The van der Waals surface area contributed by atoms with Crippen LogP contribution in [0, 0.1) is 0 Å². The number of carbonyl (C=O) groups excluding carboxylic acids is 1. The number of urea groups is 1. The number of halogens is 1. The van der Waals surface area contributed by atoms with Crippen LogP contribution < -0.4 is 4.31 Å². The average molecular weight is 379 g/mol. The lowest BCUT2D eigenvalue weighted by Gasteiger charge is -2.19. The third-order valence-corrected chi connectivity index (χ3v) is 6.98. The number of benzene rings is 1. The quantitative estimate of drug-likeness (QED) is 0.869. The molecule has 5 nitrogen and oxygen atoms in total. The predicted octanol–water partition coefficient (Wildman–Crippen LogP) is 3.48. The van der Waals surface area contributed by atoms with Crippen molar-refractivity contribution in [3.63, 3.8) is 0 Å². The van der Waals surface area contributed by atoms with Gasteiger partial charge < -0.3 is 10.0 Å². The summed E-state index contributed by atoms with van der Waals surface area (Å²) in [5, 5.41) is 12.7. The number of likely N-dealkylation sites (tertiary alicyclic amines) is 1. The normalized spacial score (nSPS) is 23.7. The number of aliphatic hydroxyl groups is 1. The number of aliphatic hydroxyl groups excluding tert-OH is 1. The van der Waals surface area contributed by atoms with Crippen molar-refractivity contribution >= 4 is 44.0 Å². The first-order valence-corrected chi connectivity index (χ1v) is 10.3. The number of hydrogen-bond donors (Lipinski definition) is 1. The highest BCUT2D eigenvalue weighted by atomic mass is 32.2. The first-order chi connectivity index (χ1) is 12.1. The van der Waals surface area contributed by atoms with Gasteiger partial charge in [0.15, 0.2) is 0 Å². The number of thiophene rings is 1. The molecule has 4 rings (SSSR count). The van der Waals surface area contributed by atoms with E-state index < -0.39 is 17.0 Å². The Bertz CT molecular complexity index is 880. The zero-order valence-corrected chi connectivity index (χ0v) is 15.1. The molecule has 2 amide bonds. The fraction of sp³-hybridized carbons (Fsp3) is 0.353. The summed E-state index contributed by atoms with van der Waals surface area (Å²) in [5.74, 6) is 0.525. The van der Waals surface area contributed by atoms with Gasteiger partial charge in [0.2, 0.25) is 0 Å². The Balaban J connectivity index is 1.64. The second-order valence-electron chi connectivity index (χ2n) is 6.10. The second kappa shape index (κ2) is 6.86. The van der Waals surface area contributed by atoms with E-state index in [0.29, 0.717) is 18.7 Å². The van der Waals surface area contributed by atoms with Crippen LogP contribution in [0.25, 0.3) is 10.1 Å². The molecule has 1 unspecified atom stereocenters. The van der Waals surface area contributed by atoms with Crippen LogP contribution in [0.5, 0.6) is 0 Å². The van der Waals surface area contributed by atoms with Crippen LogP contribution in [-0.2, 0) is 10.9 Å². The number of rotatable bonds is 2. The molecule has 1 N–H and O–H groups in total. The van der Waals surface area contributed by atoms with Gasteiger partial charge in [-0.1, -0.05) is 0 Å². The van der Waals surface area contributed by atoms with Crippen molar-refractivity contribution in [1.82, 2.24) is 4.90 Å². The van der Waals surface area contributed by atoms with Crippen molar-refractivity contribution in [3.05, 3.63) is 41.4 Å². The molecule has 0 spiro atoms. The minimum atomic E-state index is -0.950. The van der Waals surface area contributed by atoms with E-state index in [0.717, 1.165) is 16.6 Å². The maximum Gasteiger partial charge on any atom is 0.351 e. The van der Waals surface area contributed by atoms with Gasteiger partial charge in [-0.3, -0.25) is 4.31 Å². The smallest absolute Gasteiger partial charge is 0.351 e. The number of fused-ring (bicyclic) bond motifs is 1. The Labute approximate surface area is 151 Å². The Morgan fingerprint density at radius 3 is 3.08 bits per heavy atom. The van der Waals surface area contributed by atoms with Crippen LogP contribution in [0.4, 0.5) is 14.9 Å². The molecule has 1 fully saturated rings. The molecule has 3 heterocycles. The molecule has 2 atom stereocenters. The highest BCUT2D eigenvalue weighted by molar-refractivity contribution is 7.89. The van der Waals surface area contributed by atoms with E-state index in [1.165, 1.54) is 9.60 Å². The molecule has 2 aliphatic rings. The maximum absolute atomic E-state index is 13.3. The molecule has 8 heteroatoms. The Morgan fingerprint density at radius 2 is 2.32 bits per heavy atom. The summed E-state index contributed by atoms with van der Waals surface area (Å²) in [6.45, 7) is 0.489. The lowest BCUT2D eigenvalue weighted by molar-refractivity contribution is 0.215. The number of carbonyl (C=O) groups is 1. The van der Waals surface area contributed by atoms with Crippen molar-refractivity contribution in [3.8, 4) is 0 Å². The zero-order chi connectivity index (χ0) is 17.4. The third-order valence-electron chi connectivity index (χ3n) is 4.32. The topological polar surface area (TPSA) is 56.1 Å². The maximum atomic E-state index is 13.3. The van der Waals surface area contributed by atoms with E-state index in [2.05, 4.69) is 22.6 Å². The van der Waals surface area contributed by atoms with Gasteiger partial charge in [0.25, 0.3) is 0 Å². The molecular weight excluding hydrogens is 361 g/mol. The Morgan fingerprint density at radius 1 is 1.44 bits per heavy atom. The highest BCUT2D eigenvalue weighted by Crippen LogP contribution is 2.30. The number of anilines is 1. The number of nitrogens with zero attached hydrogens (tertiary/aromatic N) is 3. The van der Waals surface area contributed by atoms with E-state index in [9.17, 15) is 14.3 Å². The van der Waals surface area contributed by atoms with Crippen LogP contribution in [0.1, 0.15) is 6.42 Å². The van der Waals surface area contributed by atoms with E-state index in [1.54, 1.807) is 11.3 Å². The van der Waals surface area contributed by atoms with E-state index in [1.807, 2.05) is 22.0 Å². The lowest BCUT2D eigenvalue weighted by atomic mass is 10.2. The molecule has 1 aromatic heterocycles. The number of alkyl halides is 1. The molecule has 0 radical (unpaired) electrons. The van der Waals surface area contributed by atoms with Gasteiger partial charge in [-0.15, -0.1) is 11.3 Å². The molecule has 2 aromatic rings. The first kappa shape index (κ1) is 16.7. The summed E-state index contributed by atoms with van der Waals surface area (Å²) in [5.41, 5.74) is 1.79. The fourth-order valence-corrected chi connectivity index (χ4v) is 5.47. The molecule has 1 aromatic carbocycles. The zero-order valence-electron chi connectivity index (χ0n) is 13.5. The molecule has 2 aliphatic heterocycles. The molecule has 132 valence electrons. The lowest BCUT2D eigenvalue weighted by Crippen LogP contribution is -2.28. The van der Waals surface area contributed by atoms with Gasteiger partial charge in [-0.05, 0) is 47.0 Å². The van der Waals surface area contributed by atoms with Crippen molar-refractivity contribution in [2.75, 3.05) is 29.8 Å². The Hall–Kier alpha value is -1.77. The third kappa shape index (κ3) is 3.33. The summed E-state index contributed by atoms with van der Waals surface area (Å²) in [4.78, 5) is 13.8. The van der Waals surface area contributed by atoms with Crippen LogP contribution in [0.15, 0.2) is 45.8 Å². The van der Waals surface area contributed by atoms with Gasteiger partial charge in [-0.25, -0.2) is 9.18 Å². The molecular formula is C17H18FN3O2S2. The molecule has 0 saturated carbocycles. The molecule has 0 bridgehead atoms. The summed E-state index contributed by atoms with van der Waals surface area (Å²) < 4.78 is 20.8. The van der Waals surface area contributed by atoms with Gasteiger partial charge in [0.1, 0.15) is 6.17 Å². The van der Waals surface area contributed by atoms with E-state index in [4.69, 9.17) is 0 Å². The average Bonchev–Trinajstić information content (AvgIpc) is 3.32. The SMILES string of the molecule is O=C(N=S1CC(CO)=CN1c1ccc2sccc2c1)N1CC[C@@H](F)C1. The van der Waals surface area contributed by atoms with Crippen molar-refractivity contribution in [2.45, 2.75) is 12.6 Å². The molecule has 1 saturated heterocycles. The minimum Gasteiger partial charge on any atom is -0.392 e. The second-order valence-corrected chi connectivity index (χ2v) is 8.60. The van der Waals surface area contributed by atoms with Crippen molar-refractivity contribution in [2.24, 2.45) is 4.36 Å². The summed E-state index contributed by atoms with van der Waals surface area (Å²) in [6.07, 6.45) is 1.30. The minimum absolute atomic E-state index is 0.0549. The summed E-state index contributed by atoms with van der Waals surface area (Å²) >= 11 is 1.68. The van der Waals surface area contributed by atoms with E-state index >= 15 is 0 Å². The monoisotopic (exact) mass is 379 g/mol. The van der Waals surface area contributed by atoms with Crippen LogP contribution >= 0.6 is 11.3 Å². The number of amides is 2. The first-order valence-electron chi connectivity index (χ1n) is 8.07. The van der Waals surface area contributed by atoms with Crippen LogP contribution in [0.2, 0.25) is 0 Å². The summed E-state index contributed by atoms with van der Waals surface area (Å²) in [7, 11) is -0.719. The standard InChI is InChI=1S/C17H18FN3O2S2/c18-14-3-5-20(9-14)17(23)19-25-11-12(10-22)8-21(25)15-1-2-16-13(7-15)4-6-24-16/h1-2,4,6-8,14,22H,3,5,9-11H2/t14-,25?/m1/s1. The highest BCUT2D eigenvalue weighted by Gasteiger charge is 2.28. The van der Waals surface area contributed by atoms with Gasteiger partial charge in [0.05, 0.1) is 18.8 Å². The van der Waals surface area contributed by atoms with Gasteiger partial charge in [0, 0.05) is 34.1 Å². The van der Waals surface area contributed by atoms with E-state index in [-0.39, 0.29) is 19.2 Å². The molecule has 25 heavy (non-hydrogen) atoms. The molecule has 0 aliphatic carbocycles. The van der Waals surface area contributed by atoms with Crippen molar-refractivity contribution < 1.29 is 14.3 Å². The van der Waals surface area contributed by atoms with Crippen LogP contribution in [-0.4, -0.2) is 47.7 Å². The predicted molar refractivity (Wildman–Crippen MR) is 101 cm³/mol. The van der Waals surface area contributed by atoms with Crippen LogP contribution in [0.3, 0.4) is 0 Å².